The number of benzene rings is 2. The second-order valence-electron chi connectivity index (χ2n) is 6.13. The van der Waals surface area contributed by atoms with Crippen LogP contribution in [0.5, 0.6) is 5.75 Å². The second-order valence-corrected chi connectivity index (χ2v) is 6.13. The van der Waals surface area contributed by atoms with Crippen LogP contribution in [0.2, 0.25) is 0 Å². The first-order chi connectivity index (χ1) is 13.1. The van der Waals surface area contributed by atoms with Crippen molar-refractivity contribution in [3.8, 4) is 5.75 Å². The lowest BCUT2D eigenvalue weighted by Gasteiger charge is -2.28. The second kappa shape index (κ2) is 8.40. The van der Waals surface area contributed by atoms with Gasteiger partial charge in [-0.15, -0.1) is 0 Å². The van der Waals surface area contributed by atoms with Crippen molar-refractivity contribution in [2.45, 2.75) is 26.5 Å². The molecule has 27 heavy (non-hydrogen) atoms. The number of ether oxygens (including phenoxy) is 2. The van der Waals surface area contributed by atoms with Crippen LogP contribution >= 0.6 is 0 Å². The molecule has 140 valence electrons. The number of hydrogen-bond acceptors (Lipinski definition) is 4. The molecule has 0 aromatic heterocycles. The zero-order valence-corrected chi connectivity index (χ0v) is 15.3. The van der Waals surface area contributed by atoms with Gasteiger partial charge in [0, 0.05) is 5.70 Å². The lowest BCUT2D eigenvalue weighted by molar-refractivity contribution is -0.139. The summed E-state index contributed by atoms with van der Waals surface area (Å²) >= 11 is 0. The van der Waals surface area contributed by atoms with Crippen LogP contribution in [0, 0.1) is 0 Å². The molecular formula is C21H22N2O4. The van der Waals surface area contributed by atoms with E-state index in [-0.39, 0.29) is 12.6 Å². The van der Waals surface area contributed by atoms with Crippen molar-refractivity contribution < 1.29 is 19.1 Å². The van der Waals surface area contributed by atoms with Gasteiger partial charge in [-0.05, 0) is 37.1 Å². The summed E-state index contributed by atoms with van der Waals surface area (Å²) < 4.78 is 10.9. The number of amides is 2. The van der Waals surface area contributed by atoms with E-state index in [9.17, 15) is 9.59 Å². The van der Waals surface area contributed by atoms with Crippen molar-refractivity contribution in [1.82, 2.24) is 10.6 Å². The quantitative estimate of drug-likeness (QED) is 0.768. The Bertz CT molecular complexity index is 844. The fourth-order valence-electron chi connectivity index (χ4n) is 2.92. The molecule has 1 unspecified atom stereocenters. The Labute approximate surface area is 158 Å². The minimum absolute atomic E-state index is 0.266. The molecule has 6 heteroatoms. The van der Waals surface area contributed by atoms with E-state index in [2.05, 4.69) is 10.6 Å². The van der Waals surface area contributed by atoms with Crippen molar-refractivity contribution in [3.05, 3.63) is 77.0 Å². The van der Waals surface area contributed by atoms with E-state index in [4.69, 9.17) is 9.47 Å². The maximum Gasteiger partial charge on any atom is 0.338 e. The van der Waals surface area contributed by atoms with Crippen molar-refractivity contribution in [1.29, 1.82) is 0 Å². The molecule has 0 saturated carbocycles. The van der Waals surface area contributed by atoms with Crippen LogP contribution in [0.15, 0.2) is 65.9 Å². The van der Waals surface area contributed by atoms with Crippen molar-refractivity contribution in [3.63, 3.8) is 0 Å². The Morgan fingerprint density at radius 1 is 1.07 bits per heavy atom. The van der Waals surface area contributed by atoms with E-state index in [1.54, 1.807) is 13.8 Å². The first kappa shape index (κ1) is 18.5. The predicted octanol–water partition coefficient (Wildman–Crippen LogP) is 3.46. The molecule has 1 aliphatic heterocycles. The van der Waals surface area contributed by atoms with Gasteiger partial charge in [-0.2, -0.15) is 0 Å². The zero-order valence-electron chi connectivity index (χ0n) is 15.3. The van der Waals surface area contributed by atoms with Crippen LogP contribution in [0.1, 0.15) is 31.0 Å². The molecule has 0 fully saturated rings. The molecule has 2 N–H and O–H groups in total. The highest BCUT2D eigenvalue weighted by molar-refractivity contribution is 5.95. The molecular weight excluding hydrogens is 344 g/mol. The monoisotopic (exact) mass is 366 g/mol. The summed E-state index contributed by atoms with van der Waals surface area (Å²) in [6.45, 7) is 4.17. The first-order valence-corrected chi connectivity index (χ1v) is 8.80. The third kappa shape index (κ3) is 4.47. The van der Waals surface area contributed by atoms with E-state index in [1.165, 1.54) is 0 Å². The largest absolute Gasteiger partial charge is 0.489 e. The van der Waals surface area contributed by atoms with Crippen LogP contribution in [-0.4, -0.2) is 18.6 Å². The summed E-state index contributed by atoms with van der Waals surface area (Å²) in [4.78, 5) is 24.2. The molecule has 1 atom stereocenters. The van der Waals surface area contributed by atoms with E-state index in [1.807, 2.05) is 54.6 Å². The highest BCUT2D eigenvalue weighted by Gasteiger charge is 2.32. The van der Waals surface area contributed by atoms with Gasteiger partial charge in [-0.25, -0.2) is 9.59 Å². The van der Waals surface area contributed by atoms with Gasteiger partial charge in [0.25, 0.3) is 0 Å². The van der Waals surface area contributed by atoms with Gasteiger partial charge in [-0.3, -0.25) is 0 Å². The van der Waals surface area contributed by atoms with Crippen molar-refractivity contribution in [2.24, 2.45) is 0 Å². The number of nitrogens with one attached hydrogen (secondary N) is 2. The Morgan fingerprint density at radius 3 is 2.44 bits per heavy atom. The third-order valence-corrected chi connectivity index (χ3v) is 4.23. The van der Waals surface area contributed by atoms with Crippen LogP contribution in [0.3, 0.4) is 0 Å². The zero-order chi connectivity index (χ0) is 19.2. The summed E-state index contributed by atoms with van der Waals surface area (Å²) in [5.41, 5.74) is 2.75. The molecule has 3 rings (SSSR count). The van der Waals surface area contributed by atoms with Crippen LogP contribution < -0.4 is 15.4 Å². The Morgan fingerprint density at radius 2 is 1.78 bits per heavy atom. The van der Waals surface area contributed by atoms with Gasteiger partial charge in [0.2, 0.25) is 0 Å². The molecule has 2 amide bonds. The molecule has 0 radical (unpaired) electrons. The molecule has 0 saturated heterocycles. The normalized spacial score (nSPS) is 16.4. The smallest absolute Gasteiger partial charge is 0.338 e. The number of carbonyl (C=O) groups is 2. The third-order valence-electron chi connectivity index (χ3n) is 4.23. The van der Waals surface area contributed by atoms with Gasteiger partial charge in [0.15, 0.2) is 0 Å². The lowest BCUT2D eigenvalue weighted by atomic mass is 9.95. The average molecular weight is 366 g/mol. The summed E-state index contributed by atoms with van der Waals surface area (Å²) in [5.74, 6) is 0.262. The fraction of sp³-hybridized carbons (Fsp3) is 0.238. The molecule has 6 nitrogen and oxygen atoms in total. The van der Waals surface area contributed by atoms with Crippen LogP contribution in [0.4, 0.5) is 4.79 Å². The minimum atomic E-state index is -0.569. The number of rotatable bonds is 6. The molecule has 0 bridgehead atoms. The van der Waals surface area contributed by atoms with E-state index >= 15 is 0 Å². The number of hydrogen-bond donors (Lipinski definition) is 2. The summed E-state index contributed by atoms with van der Waals surface area (Å²) in [6.07, 6.45) is 0. The van der Waals surface area contributed by atoms with Crippen molar-refractivity contribution >= 4 is 12.0 Å². The van der Waals surface area contributed by atoms with E-state index in [0.717, 1.165) is 11.1 Å². The minimum Gasteiger partial charge on any atom is -0.489 e. The first-order valence-electron chi connectivity index (χ1n) is 8.80. The summed E-state index contributed by atoms with van der Waals surface area (Å²) in [7, 11) is 0. The van der Waals surface area contributed by atoms with E-state index < -0.39 is 12.0 Å². The maximum absolute atomic E-state index is 12.3. The molecule has 2 aromatic rings. The van der Waals surface area contributed by atoms with Crippen molar-refractivity contribution in [2.75, 3.05) is 6.61 Å². The Balaban J connectivity index is 1.77. The van der Waals surface area contributed by atoms with Crippen LogP contribution in [-0.2, 0) is 16.1 Å². The SMILES string of the molecule is CCOC(=O)C1=C(C)NC(=O)NC1c1ccc(OCc2ccccc2)cc1. The number of esters is 1. The maximum atomic E-state index is 12.3. The molecule has 0 spiro atoms. The highest BCUT2D eigenvalue weighted by atomic mass is 16.5. The molecule has 0 aliphatic carbocycles. The Hall–Kier alpha value is -3.28. The highest BCUT2D eigenvalue weighted by Crippen LogP contribution is 2.29. The Kier molecular flexibility index (Phi) is 5.76. The topological polar surface area (TPSA) is 76.7 Å². The number of carbonyl (C=O) groups excluding carboxylic acids is 2. The average Bonchev–Trinajstić information content (AvgIpc) is 2.67. The van der Waals surface area contributed by atoms with Crippen LogP contribution in [0.25, 0.3) is 0 Å². The molecule has 1 heterocycles. The van der Waals surface area contributed by atoms with Gasteiger partial charge < -0.3 is 20.1 Å². The summed E-state index contributed by atoms with van der Waals surface area (Å²) in [6, 6.07) is 16.3. The van der Waals surface area contributed by atoms with Gasteiger partial charge in [0.1, 0.15) is 12.4 Å². The van der Waals surface area contributed by atoms with Gasteiger partial charge in [-0.1, -0.05) is 42.5 Å². The summed E-state index contributed by atoms with van der Waals surface area (Å²) in [5, 5.41) is 5.40. The standard InChI is InChI=1S/C21H22N2O4/c1-3-26-20(24)18-14(2)22-21(25)23-19(18)16-9-11-17(12-10-16)27-13-15-7-5-4-6-8-15/h4-12,19H,3,13H2,1-2H3,(H2,22,23,25). The van der Waals surface area contributed by atoms with Gasteiger partial charge >= 0.3 is 12.0 Å². The molecule has 1 aliphatic rings. The fourth-order valence-corrected chi connectivity index (χ4v) is 2.92. The number of allylic oxidation sites excluding steroid dienone is 1. The van der Waals surface area contributed by atoms with Gasteiger partial charge in [0.05, 0.1) is 18.2 Å². The molecule has 2 aromatic carbocycles. The lowest BCUT2D eigenvalue weighted by Crippen LogP contribution is -2.45. The number of urea groups is 1. The predicted molar refractivity (Wildman–Crippen MR) is 101 cm³/mol. The van der Waals surface area contributed by atoms with E-state index in [0.29, 0.717) is 23.6 Å².